The van der Waals surface area contributed by atoms with Gasteiger partial charge in [-0.1, -0.05) is 18.2 Å². The highest BCUT2D eigenvalue weighted by molar-refractivity contribution is 7.99. The fourth-order valence-electron chi connectivity index (χ4n) is 2.01. The van der Waals surface area contributed by atoms with E-state index in [-0.39, 0.29) is 5.91 Å². The number of amides is 1. The normalized spacial score (nSPS) is 10.1. The van der Waals surface area contributed by atoms with Gasteiger partial charge in [-0.15, -0.1) is 11.8 Å². The van der Waals surface area contributed by atoms with Crippen LogP contribution in [-0.4, -0.2) is 26.0 Å². The molecule has 1 N–H and O–H groups in total. The molecule has 0 heterocycles. The lowest BCUT2D eigenvalue weighted by Gasteiger charge is -2.10. The molecule has 2 rings (SSSR count). The number of thioether (sulfide) groups is 1. The molecule has 22 heavy (non-hydrogen) atoms. The lowest BCUT2D eigenvalue weighted by atomic mass is 10.1. The van der Waals surface area contributed by atoms with Crippen molar-refractivity contribution in [1.82, 2.24) is 5.32 Å². The van der Waals surface area contributed by atoms with Crippen molar-refractivity contribution >= 4 is 17.7 Å². The van der Waals surface area contributed by atoms with Crippen LogP contribution in [0.5, 0.6) is 11.5 Å². The molecule has 2 aromatic rings. The van der Waals surface area contributed by atoms with Crippen molar-refractivity contribution in [1.29, 1.82) is 0 Å². The van der Waals surface area contributed by atoms with Crippen molar-refractivity contribution in [2.45, 2.75) is 11.8 Å². The van der Waals surface area contributed by atoms with Crippen LogP contribution in [0.3, 0.4) is 0 Å². The van der Waals surface area contributed by atoms with E-state index < -0.39 is 0 Å². The number of carbonyl (C=O) groups is 1. The zero-order valence-electron chi connectivity index (χ0n) is 12.9. The molecule has 0 saturated carbocycles. The molecule has 0 atom stereocenters. The Morgan fingerprint density at radius 2 is 1.82 bits per heavy atom. The SMILES string of the molecule is COc1ccc(SCNC(=O)c2ccccc2C)cc1OC. The summed E-state index contributed by atoms with van der Waals surface area (Å²) in [5.74, 6) is 1.79. The van der Waals surface area contributed by atoms with E-state index in [2.05, 4.69) is 5.32 Å². The zero-order chi connectivity index (χ0) is 15.9. The Hall–Kier alpha value is -2.14. The Bertz CT molecular complexity index is 658. The van der Waals surface area contributed by atoms with Crippen molar-refractivity contribution in [3.05, 3.63) is 53.6 Å². The van der Waals surface area contributed by atoms with Gasteiger partial charge in [0.25, 0.3) is 5.91 Å². The standard InChI is InChI=1S/C17H19NO3S/c1-12-6-4-5-7-14(12)17(19)18-11-22-13-8-9-15(20-2)16(10-13)21-3/h4-10H,11H2,1-3H3,(H,18,19). The van der Waals surface area contributed by atoms with Gasteiger partial charge in [0.1, 0.15) is 0 Å². The van der Waals surface area contributed by atoms with Gasteiger partial charge < -0.3 is 14.8 Å². The third kappa shape index (κ3) is 3.95. The Morgan fingerprint density at radius 1 is 1.09 bits per heavy atom. The summed E-state index contributed by atoms with van der Waals surface area (Å²) in [5.41, 5.74) is 1.67. The Morgan fingerprint density at radius 3 is 2.50 bits per heavy atom. The van der Waals surface area contributed by atoms with Crippen LogP contribution in [0, 0.1) is 6.92 Å². The number of rotatable bonds is 6. The van der Waals surface area contributed by atoms with E-state index >= 15 is 0 Å². The predicted octanol–water partition coefficient (Wildman–Crippen LogP) is 3.49. The monoisotopic (exact) mass is 317 g/mol. The van der Waals surface area contributed by atoms with Crippen LogP contribution >= 0.6 is 11.8 Å². The first-order chi connectivity index (χ1) is 10.7. The second kappa shape index (κ2) is 7.75. The van der Waals surface area contributed by atoms with Crippen LogP contribution in [0.2, 0.25) is 0 Å². The first kappa shape index (κ1) is 16.2. The molecule has 0 radical (unpaired) electrons. The molecule has 0 aliphatic carbocycles. The maximum absolute atomic E-state index is 12.1. The minimum atomic E-state index is -0.0638. The van der Waals surface area contributed by atoms with Crippen molar-refractivity contribution < 1.29 is 14.3 Å². The first-order valence-electron chi connectivity index (χ1n) is 6.84. The summed E-state index contributed by atoms with van der Waals surface area (Å²) in [7, 11) is 3.21. The van der Waals surface area contributed by atoms with Gasteiger partial charge in [0.05, 0.1) is 20.1 Å². The highest BCUT2D eigenvalue weighted by atomic mass is 32.2. The lowest BCUT2D eigenvalue weighted by Crippen LogP contribution is -2.23. The number of aryl methyl sites for hydroxylation is 1. The molecular weight excluding hydrogens is 298 g/mol. The van der Waals surface area contributed by atoms with E-state index in [1.807, 2.05) is 49.4 Å². The number of carbonyl (C=O) groups excluding carboxylic acids is 1. The van der Waals surface area contributed by atoms with Crippen molar-refractivity contribution in [2.24, 2.45) is 0 Å². The van der Waals surface area contributed by atoms with E-state index in [4.69, 9.17) is 9.47 Å². The maximum Gasteiger partial charge on any atom is 0.252 e. The quantitative estimate of drug-likeness (QED) is 0.654. The molecule has 2 aromatic carbocycles. The molecule has 0 saturated heterocycles. The summed E-state index contributed by atoms with van der Waals surface area (Å²) < 4.78 is 10.5. The van der Waals surface area contributed by atoms with Crippen LogP contribution in [-0.2, 0) is 0 Å². The average Bonchev–Trinajstić information content (AvgIpc) is 2.55. The summed E-state index contributed by atoms with van der Waals surface area (Å²) in [4.78, 5) is 13.1. The second-order valence-electron chi connectivity index (χ2n) is 4.63. The van der Waals surface area contributed by atoms with Gasteiger partial charge >= 0.3 is 0 Å². The summed E-state index contributed by atoms with van der Waals surface area (Å²) in [6, 6.07) is 13.2. The Labute approximate surface area is 134 Å². The molecule has 0 aliphatic rings. The summed E-state index contributed by atoms with van der Waals surface area (Å²) in [6.07, 6.45) is 0. The summed E-state index contributed by atoms with van der Waals surface area (Å²) in [6.45, 7) is 1.93. The van der Waals surface area contributed by atoms with Gasteiger partial charge in [0, 0.05) is 10.5 Å². The minimum Gasteiger partial charge on any atom is -0.493 e. The van der Waals surface area contributed by atoms with Gasteiger partial charge in [-0.05, 0) is 36.8 Å². The van der Waals surface area contributed by atoms with Crippen LogP contribution in [0.1, 0.15) is 15.9 Å². The molecule has 0 aromatic heterocycles. The van der Waals surface area contributed by atoms with E-state index in [1.54, 1.807) is 14.2 Å². The van der Waals surface area contributed by atoms with Gasteiger partial charge in [-0.3, -0.25) is 4.79 Å². The number of ether oxygens (including phenoxy) is 2. The van der Waals surface area contributed by atoms with Gasteiger partial charge in [-0.2, -0.15) is 0 Å². The largest absolute Gasteiger partial charge is 0.493 e. The van der Waals surface area contributed by atoms with Crippen molar-refractivity contribution in [2.75, 3.05) is 20.1 Å². The van der Waals surface area contributed by atoms with E-state index in [0.717, 1.165) is 10.5 Å². The highest BCUT2D eigenvalue weighted by Crippen LogP contribution is 2.31. The zero-order valence-corrected chi connectivity index (χ0v) is 13.7. The maximum atomic E-state index is 12.1. The number of methoxy groups -OCH3 is 2. The molecule has 4 nitrogen and oxygen atoms in total. The summed E-state index contributed by atoms with van der Waals surface area (Å²) >= 11 is 1.53. The molecule has 0 fully saturated rings. The van der Waals surface area contributed by atoms with Crippen LogP contribution in [0.15, 0.2) is 47.4 Å². The second-order valence-corrected chi connectivity index (χ2v) is 5.68. The van der Waals surface area contributed by atoms with Crippen LogP contribution < -0.4 is 14.8 Å². The topological polar surface area (TPSA) is 47.6 Å². The van der Waals surface area contributed by atoms with Gasteiger partial charge in [0.15, 0.2) is 11.5 Å². The van der Waals surface area contributed by atoms with E-state index in [1.165, 1.54) is 11.8 Å². The van der Waals surface area contributed by atoms with E-state index in [9.17, 15) is 4.79 Å². The lowest BCUT2D eigenvalue weighted by molar-refractivity contribution is 0.0960. The molecule has 0 spiro atoms. The molecular formula is C17H19NO3S. The van der Waals surface area contributed by atoms with Gasteiger partial charge in [0.2, 0.25) is 0 Å². The smallest absolute Gasteiger partial charge is 0.252 e. The Balaban J connectivity index is 1.94. The highest BCUT2D eigenvalue weighted by Gasteiger charge is 2.08. The van der Waals surface area contributed by atoms with E-state index in [0.29, 0.717) is 22.9 Å². The van der Waals surface area contributed by atoms with Crippen LogP contribution in [0.4, 0.5) is 0 Å². The van der Waals surface area contributed by atoms with Crippen molar-refractivity contribution in [3.8, 4) is 11.5 Å². The first-order valence-corrected chi connectivity index (χ1v) is 7.83. The predicted molar refractivity (Wildman–Crippen MR) is 88.9 cm³/mol. The number of nitrogens with one attached hydrogen (secondary N) is 1. The fraction of sp³-hybridized carbons (Fsp3) is 0.235. The minimum absolute atomic E-state index is 0.0638. The van der Waals surface area contributed by atoms with Crippen LogP contribution in [0.25, 0.3) is 0 Å². The van der Waals surface area contributed by atoms with Crippen molar-refractivity contribution in [3.63, 3.8) is 0 Å². The summed E-state index contributed by atoms with van der Waals surface area (Å²) in [5, 5.41) is 2.91. The number of hydrogen-bond donors (Lipinski definition) is 1. The molecule has 116 valence electrons. The molecule has 5 heteroatoms. The Kier molecular flexibility index (Phi) is 5.72. The third-order valence-electron chi connectivity index (χ3n) is 3.22. The molecule has 1 amide bonds. The van der Waals surface area contributed by atoms with Gasteiger partial charge in [-0.25, -0.2) is 0 Å². The molecule has 0 aliphatic heterocycles. The average molecular weight is 317 g/mol. The molecule has 0 bridgehead atoms. The number of hydrogen-bond acceptors (Lipinski definition) is 4. The molecule has 0 unspecified atom stereocenters. The fourth-order valence-corrected chi connectivity index (χ4v) is 2.74. The number of benzene rings is 2. The third-order valence-corrected chi connectivity index (χ3v) is 4.09.